The Morgan fingerprint density at radius 1 is 1.30 bits per heavy atom. The molecule has 0 amide bonds. The Morgan fingerprint density at radius 3 is 2.90 bits per heavy atom. The number of nitrogens with one attached hydrogen (secondary N) is 1. The van der Waals surface area contributed by atoms with Gasteiger partial charge < -0.3 is 5.32 Å². The second-order valence-electron chi connectivity index (χ2n) is 5.97. The molecule has 2 aromatic rings. The van der Waals surface area contributed by atoms with Crippen LogP contribution >= 0.6 is 22.9 Å². The van der Waals surface area contributed by atoms with Crippen LogP contribution in [-0.4, -0.2) is 11.5 Å². The van der Waals surface area contributed by atoms with Gasteiger partial charge in [-0.15, -0.1) is 0 Å². The van der Waals surface area contributed by atoms with Crippen LogP contribution in [0.25, 0.3) is 10.2 Å². The lowest BCUT2D eigenvalue weighted by molar-refractivity contribution is 0.282. The highest BCUT2D eigenvalue weighted by molar-refractivity contribution is 7.22. The maximum absolute atomic E-state index is 5.99. The van der Waals surface area contributed by atoms with Gasteiger partial charge >= 0.3 is 0 Å². The minimum absolute atomic E-state index is 0.755. The summed E-state index contributed by atoms with van der Waals surface area (Å²) >= 11 is 7.70. The fourth-order valence-electron chi connectivity index (χ4n) is 2.98. The quantitative estimate of drug-likeness (QED) is 0.797. The number of halogens is 1. The summed E-state index contributed by atoms with van der Waals surface area (Å²) in [5.74, 6) is 1.84. The second-order valence-corrected chi connectivity index (χ2v) is 7.44. The monoisotopic (exact) mass is 308 g/mol. The zero-order valence-corrected chi connectivity index (χ0v) is 13.4. The summed E-state index contributed by atoms with van der Waals surface area (Å²) in [6.07, 6.45) is 6.88. The molecule has 0 atom stereocenters. The van der Waals surface area contributed by atoms with Crippen molar-refractivity contribution >= 4 is 38.3 Å². The smallest absolute Gasteiger partial charge is 0.183 e. The van der Waals surface area contributed by atoms with Gasteiger partial charge in [-0.05, 0) is 36.5 Å². The predicted molar refractivity (Wildman–Crippen MR) is 88.9 cm³/mol. The van der Waals surface area contributed by atoms with Gasteiger partial charge in [-0.2, -0.15) is 0 Å². The Morgan fingerprint density at radius 2 is 2.10 bits per heavy atom. The number of benzene rings is 1. The van der Waals surface area contributed by atoms with Crippen LogP contribution in [0.15, 0.2) is 18.2 Å². The summed E-state index contributed by atoms with van der Waals surface area (Å²) in [5.41, 5.74) is 0.997. The van der Waals surface area contributed by atoms with Gasteiger partial charge in [0, 0.05) is 11.6 Å². The number of anilines is 1. The highest BCUT2D eigenvalue weighted by Crippen LogP contribution is 2.31. The number of thiazole rings is 1. The van der Waals surface area contributed by atoms with E-state index in [1.165, 1.54) is 36.8 Å². The molecule has 2 nitrogen and oxygen atoms in total. The second kappa shape index (κ2) is 6.31. The molecule has 0 aliphatic heterocycles. The highest BCUT2D eigenvalue weighted by atomic mass is 35.5. The molecule has 1 aromatic carbocycles. The number of rotatable bonds is 4. The van der Waals surface area contributed by atoms with Crippen molar-refractivity contribution in [1.29, 1.82) is 0 Å². The maximum Gasteiger partial charge on any atom is 0.183 e. The third kappa shape index (κ3) is 3.44. The molecule has 0 spiro atoms. The lowest BCUT2D eigenvalue weighted by Crippen LogP contribution is -2.15. The molecular formula is C16H21ClN2S. The summed E-state index contributed by atoms with van der Waals surface area (Å²) in [5, 5.41) is 5.25. The minimum atomic E-state index is 0.755. The van der Waals surface area contributed by atoms with E-state index in [0.717, 1.165) is 34.1 Å². The SMILES string of the molecule is CC1CCC(CCNc2nc3cc(Cl)ccc3s2)CC1. The molecule has 1 N–H and O–H groups in total. The van der Waals surface area contributed by atoms with Crippen LogP contribution in [-0.2, 0) is 0 Å². The van der Waals surface area contributed by atoms with Gasteiger partial charge in [0.25, 0.3) is 0 Å². The van der Waals surface area contributed by atoms with E-state index in [2.05, 4.69) is 17.2 Å². The molecule has 1 aliphatic carbocycles. The minimum Gasteiger partial charge on any atom is -0.361 e. The van der Waals surface area contributed by atoms with Crippen molar-refractivity contribution in [3.8, 4) is 0 Å². The zero-order valence-electron chi connectivity index (χ0n) is 11.9. The van der Waals surface area contributed by atoms with Gasteiger partial charge in [0.2, 0.25) is 0 Å². The topological polar surface area (TPSA) is 24.9 Å². The standard InChI is InChI=1S/C16H21ClN2S/c1-11-2-4-12(5-3-11)8-9-18-16-19-14-10-13(17)6-7-15(14)20-16/h6-7,10-12H,2-5,8-9H2,1H3,(H,18,19). The Balaban J connectivity index is 1.52. The Labute approximate surface area is 129 Å². The first-order valence-corrected chi connectivity index (χ1v) is 8.70. The van der Waals surface area contributed by atoms with Crippen LogP contribution in [0.2, 0.25) is 5.02 Å². The van der Waals surface area contributed by atoms with Gasteiger partial charge in [-0.3, -0.25) is 0 Å². The first kappa shape index (κ1) is 14.2. The van der Waals surface area contributed by atoms with Gasteiger partial charge in [0.1, 0.15) is 0 Å². The van der Waals surface area contributed by atoms with E-state index >= 15 is 0 Å². The Hall–Kier alpha value is -0.800. The maximum atomic E-state index is 5.99. The van der Waals surface area contributed by atoms with Gasteiger partial charge in [-0.25, -0.2) is 4.98 Å². The van der Waals surface area contributed by atoms with Crippen molar-refractivity contribution in [2.45, 2.75) is 39.0 Å². The number of hydrogen-bond acceptors (Lipinski definition) is 3. The fraction of sp³-hybridized carbons (Fsp3) is 0.562. The van der Waals surface area contributed by atoms with E-state index in [0.29, 0.717) is 0 Å². The fourth-order valence-corrected chi connectivity index (χ4v) is 4.02. The van der Waals surface area contributed by atoms with Crippen LogP contribution in [0.3, 0.4) is 0 Å². The number of hydrogen-bond donors (Lipinski definition) is 1. The summed E-state index contributed by atoms with van der Waals surface area (Å²) in [7, 11) is 0. The molecule has 20 heavy (non-hydrogen) atoms. The normalized spacial score (nSPS) is 23.1. The van der Waals surface area contributed by atoms with E-state index < -0.39 is 0 Å². The first-order valence-electron chi connectivity index (χ1n) is 7.50. The van der Waals surface area contributed by atoms with Gasteiger partial charge in [-0.1, -0.05) is 55.5 Å². The highest BCUT2D eigenvalue weighted by Gasteiger charge is 2.17. The van der Waals surface area contributed by atoms with Crippen LogP contribution in [0.1, 0.15) is 39.0 Å². The molecule has 1 aliphatic rings. The molecule has 0 radical (unpaired) electrons. The predicted octanol–water partition coefficient (Wildman–Crippen LogP) is 5.58. The van der Waals surface area contributed by atoms with E-state index in [4.69, 9.17) is 11.6 Å². The lowest BCUT2D eigenvalue weighted by Gasteiger charge is -2.26. The molecule has 3 rings (SSSR count). The number of nitrogens with zero attached hydrogens (tertiary/aromatic N) is 1. The summed E-state index contributed by atoms with van der Waals surface area (Å²) in [6, 6.07) is 5.90. The van der Waals surface area contributed by atoms with E-state index in [1.54, 1.807) is 11.3 Å². The summed E-state index contributed by atoms with van der Waals surface area (Å²) < 4.78 is 1.20. The molecule has 1 heterocycles. The van der Waals surface area contributed by atoms with Gasteiger partial charge in [0.05, 0.1) is 10.2 Å². The van der Waals surface area contributed by atoms with E-state index in [9.17, 15) is 0 Å². The van der Waals surface area contributed by atoms with Crippen molar-refractivity contribution in [3.63, 3.8) is 0 Å². The number of aromatic nitrogens is 1. The largest absolute Gasteiger partial charge is 0.361 e. The summed E-state index contributed by atoms with van der Waals surface area (Å²) in [6.45, 7) is 3.41. The molecule has 0 saturated heterocycles. The lowest BCUT2D eigenvalue weighted by atomic mass is 9.81. The first-order chi connectivity index (χ1) is 9.70. The zero-order chi connectivity index (χ0) is 13.9. The van der Waals surface area contributed by atoms with Crippen molar-refractivity contribution in [2.24, 2.45) is 11.8 Å². The molecule has 0 bridgehead atoms. The third-order valence-electron chi connectivity index (χ3n) is 4.31. The van der Waals surface area contributed by atoms with Crippen molar-refractivity contribution in [2.75, 3.05) is 11.9 Å². The molecule has 1 aromatic heterocycles. The van der Waals surface area contributed by atoms with Crippen molar-refractivity contribution in [3.05, 3.63) is 23.2 Å². The van der Waals surface area contributed by atoms with E-state index in [1.807, 2.05) is 18.2 Å². The third-order valence-corrected chi connectivity index (χ3v) is 5.54. The van der Waals surface area contributed by atoms with E-state index in [-0.39, 0.29) is 0 Å². The van der Waals surface area contributed by atoms with Gasteiger partial charge in [0.15, 0.2) is 5.13 Å². The van der Waals surface area contributed by atoms with Crippen LogP contribution in [0.4, 0.5) is 5.13 Å². The van der Waals surface area contributed by atoms with Crippen molar-refractivity contribution in [1.82, 2.24) is 4.98 Å². The molecule has 108 valence electrons. The Kier molecular flexibility index (Phi) is 4.47. The number of fused-ring (bicyclic) bond motifs is 1. The van der Waals surface area contributed by atoms with Crippen molar-refractivity contribution < 1.29 is 0 Å². The average molecular weight is 309 g/mol. The van der Waals surface area contributed by atoms with Crippen LogP contribution < -0.4 is 5.32 Å². The molecule has 4 heteroatoms. The molecule has 1 saturated carbocycles. The summed E-state index contributed by atoms with van der Waals surface area (Å²) in [4.78, 5) is 4.59. The van der Waals surface area contributed by atoms with Crippen LogP contribution in [0.5, 0.6) is 0 Å². The Bertz CT molecular complexity index is 573. The average Bonchev–Trinajstić information content (AvgIpc) is 2.83. The molecule has 1 fully saturated rings. The molecular weight excluding hydrogens is 288 g/mol. The van der Waals surface area contributed by atoms with Crippen LogP contribution in [0, 0.1) is 11.8 Å². The molecule has 0 unspecified atom stereocenters.